The van der Waals surface area contributed by atoms with Gasteiger partial charge in [-0.25, -0.2) is 9.97 Å². The van der Waals surface area contributed by atoms with Crippen LogP contribution in [0.1, 0.15) is 13.3 Å². The highest BCUT2D eigenvalue weighted by molar-refractivity contribution is 9.10. The number of hydrogen-bond donors (Lipinski definition) is 0. The minimum atomic E-state index is 0.146. The second kappa shape index (κ2) is 5.97. The topological polar surface area (TPSA) is 49.3 Å². The van der Waals surface area contributed by atoms with E-state index in [9.17, 15) is 4.79 Å². The smallest absolute Gasteiger partial charge is 0.219 e. The normalized spacial score (nSPS) is 16.1. The lowest BCUT2D eigenvalue weighted by Crippen LogP contribution is -2.33. The van der Waals surface area contributed by atoms with Crippen molar-refractivity contribution >= 4 is 38.6 Å². The highest BCUT2D eigenvalue weighted by Gasteiger charge is 2.19. The van der Waals surface area contributed by atoms with Crippen molar-refractivity contribution in [2.75, 3.05) is 31.1 Å². The first kappa shape index (κ1) is 14.3. The van der Waals surface area contributed by atoms with Crippen molar-refractivity contribution in [1.82, 2.24) is 14.9 Å². The first-order chi connectivity index (χ1) is 10.1. The molecule has 6 heteroatoms. The summed E-state index contributed by atoms with van der Waals surface area (Å²) in [5.74, 6) is 1.10. The zero-order chi connectivity index (χ0) is 14.8. The molecule has 1 aliphatic heterocycles. The van der Waals surface area contributed by atoms with E-state index >= 15 is 0 Å². The minimum Gasteiger partial charge on any atom is -0.354 e. The second-order valence-corrected chi connectivity index (χ2v) is 6.12. The summed E-state index contributed by atoms with van der Waals surface area (Å²) in [7, 11) is 0. The Kier molecular flexibility index (Phi) is 4.05. The summed E-state index contributed by atoms with van der Waals surface area (Å²) in [4.78, 5) is 24.5. The number of anilines is 1. The Morgan fingerprint density at radius 2 is 2.05 bits per heavy atom. The van der Waals surface area contributed by atoms with E-state index in [0.717, 1.165) is 53.8 Å². The minimum absolute atomic E-state index is 0.146. The molecule has 1 aromatic heterocycles. The Morgan fingerprint density at radius 3 is 2.86 bits per heavy atom. The summed E-state index contributed by atoms with van der Waals surface area (Å²) < 4.78 is 1.02. The van der Waals surface area contributed by atoms with Gasteiger partial charge in [-0.2, -0.15) is 0 Å². The van der Waals surface area contributed by atoms with Crippen molar-refractivity contribution in [3.63, 3.8) is 0 Å². The number of aromatic nitrogens is 2. The number of fused-ring (bicyclic) bond motifs is 1. The van der Waals surface area contributed by atoms with E-state index in [4.69, 9.17) is 0 Å². The standard InChI is InChI=1S/C15H17BrN4O/c1-11(21)19-5-2-6-20(8-7-19)15-13-9-12(16)3-4-14(13)17-10-18-15/h3-4,9-10H,2,5-8H2,1H3. The van der Waals surface area contributed by atoms with Gasteiger partial charge < -0.3 is 9.80 Å². The van der Waals surface area contributed by atoms with Crippen molar-refractivity contribution in [3.8, 4) is 0 Å². The van der Waals surface area contributed by atoms with E-state index in [1.165, 1.54) is 0 Å². The van der Waals surface area contributed by atoms with E-state index in [1.54, 1.807) is 13.3 Å². The van der Waals surface area contributed by atoms with Crippen LogP contribution in [0.25, 0.3) is 10.9 Å². The third-order valence-corrected chi connectivity index (χ3v) is 4.31. The largest absolute Gasteiger partial charge is 0.354 e. The Morgan fingerprint density at radius 1 is 1.19 bits per heavy atom. The Bertz CT molecular complexity index is 676. The van der Waals surface area contributed by atoms with Gasteiger partial charge in [0.1, 0.15) is 12.1 Å². The fraction of sp³-hybridized carbons (Fsp3) is 0.400. The van der Waals surface area contributed by atoms with Gasteiger partial charge in [-0.15, -0.1) is 0 Å². The lowest BCUT2D eigenvalue weighted by atomic mass is 10.2. The fourth-order valence-corrected chi connectivity index (χ4v) is 3.07. The van der Waals surface area contributed by atoms with Gasteiger partial charge in [0.15, 0.2) is 0 Å². The summed E-state index contributed by atoms with van der Waals surface area (Å²) >= 11 is 3.51. The van der Waals surface area contributed by atoms with Crippen molar-refractivity contribution in [1.29, 1.82) is 0 Å². The maximum Gasteiger partial charge on any atom is 0.219 e. The van der Waals surface area contributed by atoms with Crippen LogP contribution in [0.5, 0.6) is 0 Å². The SMILES string of the molecule is CC(=O)N1CCCN(c2ncnc3ccc(Br)cc23)CC1. The highest BCUT2D eigenvalue weighted by Crippen LogP contribution is 2.26. The molecular formula is C15H17BrN4O. The summed E-state index contributed by atoms with van der Waals surface area (Å²) in [5, 5.41) is 1.04. The highest BCUT2D eigenvalue weighted by atomic mass is 79.9. The molecule has 0 saturated carbocycles. The van der Waals surface area contributed by atoms with Crippen LogP contribution >= 0.6 is 15.9 Å². The van der Waals surface area contributed by atoms with E-state index < -0.39 is 0 Å². The van der Waals surface area contributed by atoms with Crippen molar-refractivity contribution in [3.05, 3.63) is 29.0 Å². The Hall–Kier alpha value is -1.69. The first-order valence-corrected chi connectivity index (χ1v) is 7.85. The number of halogens is 1. The molecule has 0 bridgehead atoms. The summed E-state index contributed by atoms with van der Waals surface area (Å²) in [6.07, 6.45) is 2.57. The van der Waals surface area contributed by atoms with Gasteiger partial charge in [-0.1, -0.05) is 15.9 Å². The number of nitrogens with zero attached hydrogens (tertiary/aromatic N) is 4. The van der Waals surface area contributed by atoms with Crippen LogP contribution in [0, 0.1) is 0 Å². The van der Waals surface area contributed by atoms with Gasteiger partial charge in [-0.3, -0.25) is 4.79 Å². The zero-order valence-corrected chi connectivity index (χ0v) is 13.5. The van der Waals surface area contributed by atoms with Crippen LogP contribution in [-0.4, -0.2) is 47.0 Å². The molecule has 0 spiro atoms. The van der Waals surface area contributed by atoms with Crippen molar-refractivity contribution in [2.45, 2.75) is 13.3 Å². The van der Waals surface area contributed by atoms with Crippen molar-refractivity contribution in [2.24, 2.45) is 0 Å². The summed E-state index contributed by atoms with van der Waals surface area (Å²) in [6.45, 7) is 4.90. The molecule has 1 saturated heterocycles. The fourth-order valence-electron chi connectivity index (χ4n) is 2.71. The molecule has 0 unspecified atom stereocenters. The quantitative estimate of drug-likeness (QED) is 0.794. The van der Waals surface area contributed by atoms with E-state index in [1.807, 2.05) is 17.0 Å². The molecule has 110 valence electrons. The zero-order valence-electron chi connectivity index (χ0n) is 11.9. The monoisotopic (exact) mass is 348 g/mol. The molecule has 1 amide bonds. The molecule has 2 heterocycles. The van der Waals surface area contributed by atoms with Crippen LogP contribution in [0.2, 0.25) is 0 Å². The lowest BCUT2D eigenvalue weighted by Gasteiger charge is -2.23. The van der Waals surface area contributed by atoms with E-state index in [-0.39, 0.29) is 5.91 Å². The molecule has 0 N–H and O–H groups in total. The van der Waals surface area contributed by atoms with Gasteiger partial charge in [-0.05, 0) is 24.6 Å². The molecule has 0 radical (unpaired) electrons. The van der Waals surface area contributed by atoms with Gasteiger partial charge in [0.05, 0.1) is 5.52 Å². The lowest BCUT2D eigenvalue weighted by molar-refractivity contribution is -0.128. The van der Waals surface area contributed by atoms with Crippen LogP contribution in [0.3, 0.4) is 0 Å². The predicted octanol–water partition coefficient (Wildman–Crippen LogP) is 2.45. The number of hydrogen-bond acceptors (Lipinski definition) is 4. The van der Waals surface area contributed by atoms with Crippen LogP contribution in [0.4, 0.5) is 5.82 Å². The molecule has 0 atom stereocenters. The number of amides is 1. The maximum atomic E-state index is 11.5. The molecule has 21 heavy (non-hydrogen) atoms. The molecular weight excluding hydrogens is 332 g/mol. The number of benzene rings is 1. The van der Waals surface area contributed by atoms with Crippen LogP contribution in [0.15, 0.2) is 29.0 Å². The van der Waals surface area contributed by atoms with Gasteiger partial charge in [0.2, 0.25) is 5.91 Å². The van der Waals surface area contributed by atoms with Crippen molar-refractivity contribution < 1.29 is 4.79 Å². The number of carbonyl (C=O) groups excluding carboxylic acids is 1. The average Bonchev–Trinajstić information content (AvgIpc) is 2.72. The first-order valence-electron chi connectivity index (χ1n) is 7.06. The third kappa shape index (κ3) is 3.00. The molecule has 1 fully saturated rings. The molecule has 5 nitrogen and oxygen atoms in total. The average molecular weight is 349 g/mol. The molecule has 2 aromatic rings. The summed E-state index contributed by atoms with van der Waals surface area (Å²) in [6, 6.07) is 6.03. The second-order valence-electron chi connectivity index (χ2n) is 5.21. The Balaban J connectivity index is 1.93. The molecule has 1 aromatic carbocycles. The van der Waals surface area contributed by atoms with E-state index in [2.05, 4.69) is 36.9 Å². The van der Waals surface area contributed by atoms with E-state index in [0.29, 0.717) is 0 Å². The maximum absolute atomic E-state index is 11.5. The molecule has 0 aliphatic carbocycles. The Labute approximate surface area is 132 Å². The van der Waals surface area contributed by atoms with Gasteiger partial charge >= 0.3 is 0 Å². The van der Waals surface area contributed by atoms with Gasteiger partial charge in [0.25, 0.3) is 0 Å². The number of rotatable bonds is 1. The molecule has 1 aliphatic rings. The van der Waals surface area contributed by atoms with Crippen LogP contribution < -0.4 is 4.90 Å². The third-order valence-electron chi connectivity index (χ3n) is 3.82. The molecule has 3 rings (SSSR count). The summed E-state index contributed by atoms with van der Waals surface area (Å²) in [5.41, 5.74) is 0.941. The van der Waals surface area contributed by atoms with Gasteiger partial charge in [0, 0.05) is 43.0 Å². The van der Waals surface area contributed by atoms with Crippen LogP contribution in [-0.2, 0) is 4.79 Å². The predicted molar refractivity (Wildman–Crippen MR) is 86.3 cm³/mol. The number of carbonyl (C=O) groups is 1.